The number of sulfonamides is 1. The number of halogens is 1. The normalized spacial score (nSPS) is 11.8. The van der Waals surface area contributed by atoms with E-state index in [-0.39, 0.29) is 12.1 Å². The smallest absolute Gasteiger partial charge is 0.335 e. The zero-order valence-corrected chi connectivity index (χ0v) is 12.2. The highest BCUT2D eigenvalue weighted by atomic mass is 32.2. The first-order valence-corrected chi connectivity index (χ1v) is 7.75. The minimum Gasteiger partial charge on any atom is -0.478 e. The van der Waals surface area contributed by atoms with Crippen LogP contribution in [0.1, 0.15) is 37.0 Å². The Morgan fingerprint density at radius 1 is 1.40 bits per heavy atom. The fourth-order valence-corrected chi connectivity index (χ4v) is 2.78. The standard InChI is InChI=1S/C13H18FNO4S/c1-9(2)4-3-7-15-20(18,19)12-6-5-10(13(16)17)8-11(12)14/h5-6,8-9,15H,3-4,7H2,1-2H3,(H,16,17). The van der Waals surface area contributed by atoms with Crippen molar-refractivity contribution >= 4 is 16.0 Å². The van der Waals surface area contributed by atoms with E-state index in [4.69, 9.17) is 5.11 Å². The van der Waals surface area contributed by atoms with E-state index in [0.29, 0.717) is 18.4 Å². The number of rotatable bonds is 7. The number of nitrogens with one attached hydrogen (secondary N) is 1. The van der Waals surface area contributed by atoms with Crippen molar-refractivity contribution in [3.05, 3.63) is 29.6 Å². The summed E-state index contributed by atoms with van der Waals surface area (Å²) < 4.78 is 39.7. The second-order valence-electron chi connectivity index (χ2n) is 4.88. The molecule has 0 aromatic heterocycles. The molecule has 0 atom stereocenters. The number of carboxylic acids is 1. The van der Waals surface area contributed by atoms with E-state index < -0.39 is 26.7 Å². The van der Waals surface area contributed by atoms with Gasteiger partial charge in [0, 0.05) is 6.54 Å². The van der Waals surface area contributed by atoms with E-state index in [1.165, 1.54) is 0 Å². The first-order chi connectivity index (χ1) is 9.24. The molecule has 1 aromatic carbocycles. The minimum absolute atomic E-state index is 0.223. The summed E-state index contributed by atoms with van der Waals surface area (Å²) in [6.07, 6.45) is 1.52. The Labute approximate surface area is 117 Å². The van der Waals surface area contributed by atoms with Crippen molar-refractivity contribution in [1.29, 1.82) is 0 Å². The molecule has 0 heterocycles. The summed E-state index contributed by atoms with van der Waals surface area (Å²) in [6, 6.07) is 2.72. The molecule has 0 saturated heterocycles. The van der Waals surface area contributed by atoms with Crippen LogP contribution in [0.2, 0.25) is 0 Å². The van der Waals surface area contributed by atoms with Gasteiger partial charge in [-0.2, -0.15) is 0 Å². The highest BCUT2D eigenvalue weighted by molar-refractivity contribution is 7.89. The maximum atomic E-state index is 13.7. The van der Waals surface area contributed by atoms with Gasteiger partial charge in [0.1, 0.15) is 10.7 Å². The first-order valence-electron chi connectivity index (χ1n) is 6.26. The molecule has 1 rings (SSSR count). The highest BCUT2D eigenvalue weighted by Gasteiger charge is 2.19. The van der Waals surface area contributed by atoms with Crippen molar-refractivity contribution in [1.82, 2.24) is 4.72 Å². The third-order valence-corrected chi connectivity index (χ3v) is 4.21. The van der Waals surface area contributed by atoms with Gasteiger partial charge < -0.3 is 5.11 Å². The molecule has 0 bridgehead atoms. The van der Waals surface area contributed by atoms with Crippen LogP contribution >= 0.6 is 0 Å². The third kappa shape index (κ3) is 4.57. The molecule has 0 aliphatic rings. The number of hydrogen-bond donors (Lipinski definition) is 2. The van der Waals surface area contributed by atoms with Gasteiger partial charge in [0.05, 0.1) is 5.56 Å². The second kappa shape index (κ2) is 6.81. The van der Waals surface area contributed by atoms with Crippen LogP contribution in [-0.2, 0) is 10.0 Å². The lowest BCUT2D eigenvalue weighted by Crippen LogP contribution is -2.26. The molecule has 0 saturated carbocycles. The lowest BCUT2D eigenvalue weighted by molar-refractivity contribution is 0.0696. The largest absolute Gasteiger partial charge is 0.478 e. The molecule has 0 amide bonds. The Bertz CT molecular complexity index is 584. The number of carboxylic acid groups (broad SMARTS) is 1. The predicted molar refractivity (Wildman–Crippen MR) is 72.6 cm³/mol. The van der Waals surface area contributed by atoms with Gasteiger partial charge in [-0.05, 0) is 37.0 Å². The molecule has 20 heavy (non-hydrogen) atoms. The van der Waals surface area contributed by atoms with Crippen LogP contribution in [0.3, 0.4) is 0 Å². The molecular formula is C13H18FNO4S. The van der Waals surface area contributed by atoms with Gasteiger partial charge in [0.25, 0.3) is 0 Å². The number of carbonyl (C=O) groups is 1. The summed E-state index contributed by atoms with van der Waals surface area (Å²) >= 11 is 0. The number of hydrogen-bond acceptors (Lipinski definition) is 3. The molecule has 7 heteroatoms. The van der Waals surface area contributed by atoms with Crippen LogP contribution in [-0.4, -0.2) is 26.0 Å². The van der Waals surface area contributed by atoms with Crippen LogP contribution < -0.4 is 4.72 Å². The zero-order valence-electron chi connectivity index (χ0n) is 11.4. The van der Waals surface area contributed by atoms with Crippen LogP contribution in [0.15, 0.2) is 23.1 Å². The molecule has 1 aromatic rings. The molecule has 5 nitrogen and oxygen atoms in total. The highest BCUT2D eigenvalue weighted by Crippen LogP contribution is 2.16. The van der Waals surface area contributed by atoms with E-state index in [9.17, 15) is 17.6 Å². The number of aromatic carboxylic acids is 1. The Hall–Kier alpha value is -1.47. The second-order valence-corrected chi connectivity index (χ2v) is 6.62. The van der Waals surface area contributed by atoms with Crippen LogP contribution in [0.25, 0.3) is 0 Å². The molecule has 0 spiro atoms. The van der Waals surface area contributed by atoms with Crippen molar-refractivity contribution in [2.45, 2.75) is 31.6 Å². The van der Waals surface area contributed by atoms with E-state index >= 15 is 0 Å². The van der Waals surface area contributed by atoms with Crippen molar-refractivity contribution in [2.24, 2.45) is 5.92 Å². The van der Waals surface area contributed by atoms with Crippen LogP contribution in [0.5, 0.6) is 0 Å². The summed E-state index contributed by atoms with van der Waals surface area (Å²) in [6.45, 7) is 4.28. The predicted octanol–water partition coefficient (Wildman–Crippen LogP) is 2.24. The molecule has 0 unspecified atom stereocenters. The molecule has 0 aliphatic carbocycles. The van der Waals surface area contributed by atoms with Crippen LogP contribution in [0, 0.1) is 11.7 Å². The van der Waals surface area contributed by atoms with Gasteiger partial charge in [-0.15, -0.1) is 0 Å². The van der Waals surface area contributed by atoms with Crippen molar-refractivity contribution in [3.8, 4) is 0 Å². The fourth-order valence-electron chi connectivity index (χ4n) is 1.65. The Kier molecular flexibility index (Phi) is 5.64. The van der Waals surface area contributed by atoms with Crippen LogP contribution in [0.4, 0.5) is 4.39 Å². The monoisotopic (exact) mass is 303 g/mol. The summed E-state index contributed by atoms with van der Waals surface area (Å²) in [5, 5.41) is 8.70. The molecule has 0 radical (unpaired) electrons. The van der Waals surface area contributed by atoms with Gasteiger partial charge >= 0.3 is 5.97 Å². The Morgan fingerprint density at radius 2 is 2.05 bits per heavy atom. The van der Waals surface area contributed by atoms with Crippen molar-refractivity contribution in [2.75, 3.05) is 6.54 Å². The average molecular weight is 303 g/mol. The van der Waals surface area contributed by atoms with Crippen molar-refractivity contribution in [3.63, 3.8) is 0 Å². The van der Waals surface area contributed by atoms with Gasteiger partial charge in [-0.25, -0.2) is 22.3 Å². The molecule has 112 valence electrons. The first kappa shape index (κ1) is 16.6. The molecule has 0 aliphatic heterocycles. The molecule has 0 fully saturated rings. The third-order valence-electron chi connectivity index (χ3n) is 2.72. The average Bonchev–Trinajstić information content (AvgIpc) is 2.34. The minimum atomic E-state index is -3.95. The van der Waals surface area contributed by atoms with Gasteiger partial charge in [-0.3, -0.25) is 0 Å². The SMILES string of the molecule is CC(C)CCCNS(=O)(=O)c1ccc(C(=O)O)cc1F. The lowest BCUT2D eigenvalue weighted by Gasteiger charge is -2.09. The molecular weight excluding hydrogens is 285 g/mol. The van der Waals surface area contributed by atoms with E-state index in [1.54, 1.807) is 0 Å². The van der Waals surface area contributed by atoms with E-state index in [1.807, 2.05) is 13.8 Å². The van der Waals surface area contributed by atoms with E-state index in [2.05, 4.69) is 4.72 Å². The van der Waals surface area contributed by atoms with Gasteiger partial charge in [0.15, 0.2) is 0 Å². The lowest BCUT2D eigenvalue weighted by atomic mass is 10.1. The topological polar surface area (TPSA) is 83.5 Å². The zero-order chi connectivity index (χ0) is 15.3. The number of benzene rings is 1. The summed E-state index contributed by atoms with van der Waals surface area (Å²) in [5.41, 5.74) is -0.291. The van der Waals surface area contributed by atoms with E-state index in [0.717, 1.165) is 18.6 Å². The van der Waals surface area contributed by atoms with Gasteiger partial charge in [0.2, 0.25) is 10.0 Å². The maximum absolute atomic E-state index is 13.7. The quantitative estimate of drug-likeness (QED) is 0.757. The summed E-state index contributed by atoms with van der Waals surface area (Å²) in [4.78, 5) is 10.1. The Morgan fingerprint density at radius 3 is 2.55 bits per heavy atom. The molecule has 2 N–H and O–H groups in total. The van der Waals surface area contributed by atoms with Gasteiger partial charge in [-0.1, -0.05) is 13.8 Å². The maximum Gasteiger partial charge on any atom is 0.335 e. The summed E-state index contributed by atoms with van der Waals surface area (Å²) in [7, 11) is -3.95. The fraction of sp³-hybridized carbons (Fsp3) is 0.462. The Balaban J connectivity index is 2.80. The van der Waals surface area contributed by atoms with Crippen molar-refractivity contribution < 1.29 is 22.7 Å². The summed E-state index contributed by atoms with van der Waals surface area (Å²) in [5.74, 6) is -1.91.